The molecule has 20 heavy (non-hydrogen) atoms. The number of anilines is 1. The molecular weight excluding hydrogens is 246 g/mol. The second-order valence-electron chi connectivity index (χ2n) is 6.62. The van der Waals surface area contributed by atoms with Gasteiger partial charge in [0, 0.05) is 24.8 Å². The highest BCUT2D eigenvalue weighted by atomic mass is 15.2. The van der Waals surface area contributed by atoms with Crippen LogP contribution in [-0.4, -0.2) is 30.7 Å². The first-order chi connectivity index (χ1) is 9.72. The second kappa shape index (κ2) is 6.13. The maximum absolute atomic E-state index is 4.89. The predicted octanol–water partition coefficient (Wildman–Crippen LogP) is 2.78. The van der Waals surface area contributed by atoms with Crippen molar-refractivity contribution in [1.29, 1.82) is 0 Å². The zero-order chi connectivity index (χ0) is 13.9. The quantitative estimate of drug-likeness (QED) is 0.914. The molecule has 0 saturated carbocycles. The number of pyridine rings is 1. The lowest BCUT2D eigenvalue weighted by molar-refractivity contribution is 0.370. The van der Waals surface area contributed by atoms with Crippen molar-refractivity contribution in [2.75, 3.05) is 24.5 Å². The van der Waals surface area contributed by atoms with Crippen LogP contribution in [0.25, 0.3) is 0 Å². The Morgan fingerprint density at radius 2 is 2.05 bits per heavy atom. The highest BCUT2D eigenvalue weighted by Crippen LogP contribution is 2.26. The molecule has 1 aliphatic heterocycles. The molecule has 0 unspecified atom stereocenters. The van der Waals surface area contributed by atoms with Crippen molar-refractivity contribution in [2.24, 2.45) is 5.92 Å². The fourth-order valence-electron chi connectivity index (χ4n) is 3.35. The molecule has 2 heterocycles. The molecular formula is C17H27N3. The van der Waals surface area contributed by atoms with E-state index in [0.29, 0.717) is 6.04 Å². The largest absolute Gasteiger partial charge is 0.357 e. The Labute approximate surface area is 122 Å². The van der Waals surface area contributed by atoms with E-state index in [4.69, 9.17) is 4.98 Å². The molecule has 3 rings (SSSR count). The average molecular weight is 273 g/mol. The lowest BCUT2D eigenvalue weighted by Crippen LogP contribution is -2.39. The summed E-state index contributed by atoms with van der Waals surface area (Å²) >= 11 is 0. The van der Waals surface area contributed by atoms with Crippen molar-refractivity contribution in [2.45, 2.75) is 52.0 Å². The van der Waals surface area contributed by atoms with E-state index >= 15 is 0 Å². The van der Waals surface area contributed by atoms with Gasteiger partial charge in [0.05, 0.1) is 0 Å². The maximum Gasteiger partial charge on any atom is 0.128 e. The Morgan fingerprint density at radius 3 is 2.80 bits per heavy atom. The van der Waals surface area contributed by atoms with Gasteiger partial charge in [-0.3, -0.25) is 0 Å². The van der Waals surface area contributed by atoms with Crippen molar-refractivity contribution in [1.82, 2.24) is 10.3 Å². The van der Waals surface area contributed by atoms with E-state index < -0.39 is 0 Å². The van der Waals surface area contributed by atoms with E-state index in [2.05, 4.69) is 36.2 Å². The van der Waals surface area contributed by atoms with Gasteiger partial charge in [0.25, 0.3) is 0 Å². The Balaban J connectivity index is 1.55. The van der Waals surface area contributed by atoms with E-state index in [9.17, 15) is 0 Å². The molecule has 0 spiro atoms. The number of piperidine rings is 1. The standard InChI is InChI=1S/C17H27N3/c1-13(2)18-12-14-8-10-20(11-9-14)17-7-6-15-4-3-5-16(15)19-17/h6-7,13-14,18H,3-5,8-12H2,1-2H3. The van der Waals surface area contributed by atoms with Crippen LogP contribution < -0.4 is 10.2 Å². The van der Waals surface area contributed by atoms with Crippen molar-refractivity contribution in [3.05, 3.63) is 23.4 Å². The van der Waals surface area contributed by atoms with Crippen LogP contribution in [0.15, 0.2) is 12.1 Å². The second-order valence-corrected chi connectivity index (χ2v) is 6.62. The van der Waals surface area contributed by atoms with Crippen LogP contribution >= 0.6 is 0 Å². The van der Waals surface area contributed by atoms with Crippen LogP contribution in [0.1, 0.15) is 44.4 Å². The Kier molecular flexibility index (Phi) is 4.25. The van der Waals surface area contributed by atoms with Crippen LogP contribution in [-0.2, 0) is 12.8 Å². The molecule has 1 aromatic rings. The van der Waals surface area contributed by atoms with Crippen LogP contribution in [0.2, 0.25) is 0 Å². The number of nitrogens with one attached hydrogen (secondary N) is 1. The van der Waals surface area contributed by atoms with Gasteiger partial charge in [-0.25, -0.2) is 4.98 Å². The van der Waals surface area contributed by atoms with Crippen LogP contribution in [0.5, 0.6) is 0 Å². The number of nitrogens with zero attached hydrogens (tertiary/aromatic N) is 2. The molecule has 110 valence electrons. The minimum Gasteiger partial charge on any atom is -0.357 e. The number of hydrogen-bond donors (Lipinski definition) is 1. The van der Waals surface area contributed by atoms with Crippen molar-refractivity contribution < 1.29 is 0 Å². The number of rotatable bonds is 4. The topological polar surface area (TPSA) is 28.2 Å². The van der Waals surface area contributed by atoms with Gasteiger partial charge in [-0.15, -0.1) is 0 Å². The van der Waals surface area contributed by atoms with E-state index in [1.165, 1.54) is 55.7 Å². The Hall–Kier alpha value is -1.09. The molecule has 0 radical (unpaired) electrons. The summed E-state index contributed by atoms with van der Waals surface area (Å²) in [5, 5.41) is 3.57. The van der Waals surface area contributed by atoms with E-state index in [0.717, 1.165) is 19.0 Å². The third kappa shape index (κ3) is 3.14. The smallest absolute Gasteiger partial charge is 0.128 e. The third-order valence-electron chi connectivity index (χ3n) is 4.67. The van der Waals surface area contributed by atoms with Gasteiger partial charge in [0.2, 0.25) is 0 Å². The summed E-state index contributed by atoms with van der Waals surface area (Å²) in [7, 11) is 0. The number of aromatic nitrogens is 1. The number of aryl methyl sites for hydroxylation is 2. The molecule has 1 fully saturated rings. The average Bonchev–Trinajstić information content (AvgIpc) is 2.93. The molecule has 1 N–H and O–H groups in total. The molecule has 0 aromatic carbocycles. The van der Waals surface area contributed by atoms with Gasteiger partial charge < -0.3 is 10.2 Å². The number of hydrogen-bond acceptors (Lipinski definition) is 3. The van der Waals surface area contributed by atoms with Crippen LogP contribution in [0, 0.1) is 5.92 Å². The van der Waals surface area contributed by atoms with Crippen molar-refractivity contribution in [3.63, 3.8) is 0 Å². The van der Waals surface area contributed by atoms with Gasteiger partial charge in [0.1, 0.15) is 5.82 Å². The van der Waals surface area contributed by atoms with E-state index in [1.807, 2.05) is 0 Å². The highest BCUT2D eigenvalue weighted by molar-refractivity contribution is 5.43. The maximum atomic E-state index is 4.89. The summed E-state index contributed by atoms with van der Waals surface area (Å²) in [6.07, 6.45) is 6.27. The minimum absolute atomic E-state index is 0.603. The summed E-state index contributed by atoms with van der Waals surface area (Å²) < 4.78 is 0. The molecule has 1 aromatic heterocycles. The fourth-order valence-corrected chi connectivity index (χ4v) is 3.35. The Bertz CT molecular complexity index is 448. The highest BCUT2D eigenvalue weighted by Gasteiger charge is 2.21. The first-order valence-corrected chi connectivity index (χ1v) is 8.19. The van der Waals surface area contributed by atoms with Crippen LogP contribution in [0.4, 0.5) is 5.82 Å². The Morgan fingerprint density at radius 1 is 1.25 bits per heavy atom. The van der Waals surface area contributed by atoms with Crippen molar-refractivity contribution >= 4 is 5.82 Å². The summed E-state index contributed by atoms with van der Waals surface area (Å²) in [6.45, 7) is 7.95. The number of fused-ring (bicyclic) bond motifs is 1. The molecule has 0 bridgehead atoms. The van der Waals surface area contributed by atoms with Crippen molar-refractivity contribution in [3.8, 4) is 0 Å². The summed E-state index contributed by atoms with van der Waals surface area (Å²) in [6, 6.07) is 5.14. The fraction of sp³-hybridized carbons (Fsp3) is 0.706. The van der Waals surface area contributed by atoms with Crippen LogP contribution in [0.3, 0.4) is 0 Å². The molecule has 0 atom stereocenters. The molecule has 0 amide bonds. The molecule has 2 aliphatic rings. The normalized spacial score (nSPS) is 19.6. The summed E-state index contributed by atoms with van der Waals surface area (Å²) in [4.78, 5) is 7.36. The zero-order valence-corrected chi connectivity index (χ0v) is 12.9. The lowest BCUT2D eigenvalue weighted by Gasteiger charge is -2.33. The van der Waals surface area contributed by atoms with Gasteiger partial charge in [-0.1, -0.05) is 19.9 Å². The summed E-state index contributed by atoms with van der Waals surface area (Å²) in [5.74, 6) is 2.05. The first kappa shape index (κ1) is 13.9. The molecule has 1 saturated heterocycles. The first-order valence-electron chi connectivity index (χ1n) is 8.19. The zero-order valence-electron chi connectivity index (χ0n) is 12.9. The van der Waals surface area contributed by atoms with Gasteiger partial charge in [-0.2, -0.15) is 0 Å². The van der Waals surface area contributed by atoms with Gasteiger partial charge >= 0.3 is 0 Å². The summed E-state index contributed by atoms with van der Waals surface area (Å²) in [5.41, 5.74) is 2.83. The molecule has 3 heteroatoms. The SMILES string of the molecule is CC(C)NCC1CCN(c2ccc3c(n2)CCC3)CC1. The lowest BCUT2D eigenvalue weighted by atomic mass is 9.96. The third-order valence-corrected chi connectivity index (χ3v) is 4.67. The van der Waals surface area contributed by atoms with E-state index in [1.54, 1.807) is 0 Å². The van der Waals surface area contributed by atoms with Gasteiger partial charge in [0.15, 0.2) is 0 Å². The monoisotopic (exact) mass is 273 g/mol. The molecule has 3 nitrogen and oxygen atoms in total. The van der Waals surface area contributed by atoms with E-state index in [-0.39, 0.29) is 0 Å². The predicted molar refractivity (Wildman–Crippen MR) is 84.3 cm³/mol. The minimum atomic E-state index is 0.603. The molecule has 1 aliphatic carbocycles. The van der Waals surface area contributed by atoms with Gasteiger partial charge in [-0.05, 0) is 56.2 Å².